The first-order valence-electron chi connectivity index (χ1n) is 13.4. The van der Waals surface area contributed by atoms with E-state index in [4.69, 9.17) is 10.5 Å². The van der Waals surface area contributed by atoms with Crippen molar-refractivity contribution in [1.82, 2.24) is 34.0 Å². The summed E-state index contributed by atoms with van der Waals surface area (Å²) >= 11 is 0. The largest absolute Gasteiger partial charge is 0.406 e. The van der Waals surface area contributed by atoms with E-state index in [0.29, 0.717) is 54.4 Å². The number of nitrogens with zero attached hydrogens (tertiary/aromatic N) is 7. The Kier molecular flexibility index (Phi) is 5.72. The monoisotopic (exact) mass is 559 g/mol. The lowest BCUT2D eigenvalue weighted by atomic mass is 9.86. The van der Waals surface area contributed by atoms with Gasteiger partial charge in [-0.15, -0.1) is 5.10 Å². The van der Waals surface area contributed by atoms with Crippen LogP contribution in [0.25, 0.3) is 27.9 Å². The van der Waals surface area contributed by atoms with E-state index in [2.05, 4.69) is 30.3 Å². The summed E-state index contributed by atoms with van der Waals surface area (Å²) in [6, 6.07) is 4.58. The topological polar surface area (TPSA) is 111 Å². The maximum absolute atomic E-state index is 15.3. The molecule has 1 aliphatic carbocycles. The molecule has 4 aromatic rings. The molecular weight excluding hydrogens is 530 g/mol. The fourth-order valence-corrected chi connectivity index (χ4v) is 6.20. The van der Waals surface area contributed by atoms with Crippen molar-refractivity contribution < 1.29 is 22.3 Å². The second-order valence-electron chi connectivity index (χ2n) is 11.1. The highest BCUT2D eigenvalue weighted by molar-refractivity contribution is 5.88. The van der Waals surface area contributed by atoms with Crippen molar-refractivity contribution in [3.05, 3.63) is 30.2 Å². The third-order valence-electron chi connectivity index (χ3n) is 8.46. The number of rotatable bonds is 6. The Hall–Kier alpha value is -3.52. The highest BCUT2D eigenvalue weighted by Gasteiger charge is 2.55. The molecule has 3 fully saturated rings. The van der Waals surface area contributed by atoms with Crippen LogP contribution >= 0.6 is 0 Å². The number of alkyl halides is 4. The number of likely N-dealkylation sites (tertiary alicyclic amines) is 1. The number of pyridine rings is 1. The zero-order valence-corrected chi connectivity index (χ0v) is 21.8. The van der Waals surface area contributed by atoms with Crippen molar-refractivity contribution in [2.24, 2.45) is 5.92 Å². The molecular formula is C26H29F4N9O. The Morgan fingerprint density at radius 1 is 1.12 bits per heavy atom. The number of anilines is 2. The number of aryl methyl sites for hydroxylation is 1. The number of halogens is 4. The lowest BCUT2D eigenvalue weighted by molar-refractivity contribution is -0.163. The van der Waals surface area contributed by atoms with Gasteiger partial charge in [-0.05, 0) is 50.3 Å². The van der Waals surface area contributed by atoms with Gasteiger partial charge in [-0.3, -0.25) is 4.90 Å². The van der Waals surface area contributed by atoms with Crippen LogP contribution in [0.4, 0.5) is 29.3 Å². The van der Waals surface area contributed by atoms with Gasteiger partial charge in [-0.2, -0.15) is 18.2 Å². The standard InChI is InChI=1S/C26H29F4N9O/c1-14-32-20-5-4-18(33-23(20)38(14)11-26(28,29)30)16-6-9-39-21(16)22(31)35-24(36-39)34-19-7-8-37(10-17(19)27)25(12-40-13-25)15-2-3-15/h4-6,9,15,17,19H,2-3,7-8,10-13H2,1H3,(H3,31,34,35,36)/t17-,19+/m1/s1. The highest BCUT2D eigenvalue weighted by atomic mass is 19.4. The van der Waals surface area contributed by atoms with Gasteiger partial charge in [-0.1, -0.05) is 0 Å². The SMILES string of the molecule is Cc1nc2ccc(-c3ccn4nc(N[C@H]5CCN(C6(C7CC7)COC6)C[C@H]5F)nc(N)c34)nc2n1CC(F)(F)F. The van der Waals surface area contributed by atoms with Crippen molar-refractivity contribution in [2.45, 2.75) is 56.7 Å². The molecule has 0 bridgehead atoms. The fourth-order valence-electron chi connectivity index (χ4n) is 6.20. The molecule has 14 heteroatoms. The molecule has 0 amide bonds. The van der Waals surface area contributed by atoms with Gasteiger partial charge < -0.3 is 20.4 Å². The van der Waals surface area contributed by atoms with Crippen molar-refractivity contribution in [2.75, 3.05) is 37.4 Å². The predicted molar refractivity (Wildman–Crippen MR) is 139 cm³/mol. The Morgan fingerprint density at radius 3 is 2.60 bits per heavy atom. The number of nitrogen functional groups attached to an aromatic ring is 1. The van der Waals surface area contributed by atoms with Crippen LogP contribution in [0.3, 0.4) is 0 Å². The first-order chi connectivity index (χ1) is 19.1. The zero-order valence-electron chi connectivity index (χ0n) is 21.8. The first kappa shape index (κ1) is 25.4. The summed E-state index contributed by atoms with van der Waals surface area (Å²) in [5, 5.41) is 7.63. The van der Waals surface area contributed by atoms with Crippen molar-refractivity contribution in [3.8, 4) is 11.3 Å². The average Bonchev–Trinajstić information content (AvgIpc) is 3.54. The molecule has 40 heavy (non-hydrogen) atoms. The Labute approximate surface area is 226 Å². The number of hydrogen-bond donors (Lipinski definition) is 2. The van der Waals surface area contributed by atoms with Crippen LogP contribution in [0.2, 0.25) is 0 Å². The quantitative estimate of drug-likeness (QED) is 0.345. The van der Waals surface area contributed by atoms with Crippen LogP contribution in [-0.2, 0) is 11.3 Å². The second kappa shape index (κ2) is 8.99. The predicted octanol–water partition coefficient (Wildman–Crippen LogP) is 3.60. The lowest BCUT2D eigenvalue weighted by Gasteiger charge is -2.53. The Balaban J connectivity index is 1.13. The summed E-state index contributed by atoms with van der Waals surface area (Å²) in [5.74, 6) is 1.18. The lowest BCUT2D eigenvalue weighted by Crippen LogP contribution is -2.67. The molecule has 7 rings (SSSR count). The number of imidazole rings is 1. The third kappa shape index (κ3) is 4.24. The van der Waals surface area contributed by atoms with Crippen molar-refractivity contribution >= 4 is 28.4 Å². The van der Waals surface area contributed by atoms with Gasteiger partial charge in [0.1, 0.15) is 29.6 Å². The molecule has 4 aromatic heterocycles. The average molecular weight is 560 g/mol. The van der Waals surface area contributed by atoms with Crippen LogP contribution in [-0.4, -0.2) is 84.3 Å². The number of aromatic nitrogens is 6. The van der Waals surface area contributed by atoms with Gasteiger partial charge in [0.15, 0.2) is 11.5 Å². The molecule has 3 aliphatic rings. The minimum atomic E-state index is -4.42. The van der Waals surface area contributed by atoms with E-state index in [1.165, 1.54) is 24.3 Å². The summed E-state index contributed by atoms with van der Waals surface area (Å²) in [5.41, 5.74) is 8.25. The van der Waals surface area contributed by atoms with Gasteiger partial charge in [0.25, 0.3) is 0 Å². The molecule has 1 saturated carbocycles. The molecule has 2 aliphatic heterocycles. The molecule has 6 heterocycles. The van der Waals surface area contributed by atoms with Crippen LogP contribution in [0, 0.1) is 12.8 Å². The summed E-state index contributed by atoms with van der Waals surface area (Å²) in [7, 11) is 0. The fraction of sp³-hybridized carbons (Fsp3) is 0.538. The second-order valence-corrected chi connectivity index (χ2v) is 11.1. The summed E-state index contributed by atoms with van der Waals surface area (Å²) in [4.78, 5) is 15.4. The molecule has 0 aromatic carbocycles. The number of hydrogen-bond acceptors (Lipinski definition) is 8. The van der Waals surface area contributed by atoms with Gasteiger partial charge in [-0.25, -0.2) is 18.9 Å². The summed E-state index contributed by atoms with van der Waals surface area (Å²) < 4.78 is 62.9. The first-order valence-corrected chi connectivity index (χ1v) is 13.4. The van der Waals surface area contributed by atoms with E-state index in [-0.39, 0.29) is 28.8 Å². The van der Waals surface area contributed by atoms with Crippen LogP contribution in [0.1, 0.15) is 25.1 Å². The number of ether oxygens (including phenoxy) is 1. The zero-order chi connectivity index (χ0) is 27.8. The molecule has 212 valence electrons. The molecule has 0 radical (unpaired) electrons. The van der Waals surface area contributed by atoms with E-state index in [1.807, 2.05) is 0 Å². The van der Waals surface area contributed by atoms with Crippen LogP contribution in [0.15, 0.2) is 24.4 Å². The van der Waals surface area contributed by atoms with Gasteiger partial charge in [0, 0.05) is 24.8 Å². The van der Waals surface area contributed by atoms with Gasteiger partial charge in [0.2, 0.25) is 5.95 Å². The van der Waals surface area contributed by atoms with E-state index in [9.17, 15) is 13.2 Å². The van der Waals surface area contributed by atoms with Crippen LogP contribution in [0.5, 0.6) is 0 Å². The number of nitrogens with one attached hydrogen (secondary N) is 1. The molecule has 0 spiro atoms. The summed E-state index contributed by atoms with van der Waals surface area (Å²) in [6.45, 7) is 2.79. The highest BCUT2D eigenvalue weighted by Crippen LogP contribution is 2.48. The number of fused-ring (bicyclic) bond motifs is 2. The minimum absolute atomic E-state index is 0.00310. The maximum atomic E-state index is 15.3. The molecule has 3 N–H and O–H groups in total. The van der Waals surface area contributed by atoms with Crippen LogP contribution < -0.4 is 11.1 Å². The van der Waals surface area contributed by atoms with Gasteiger partial charge >= 0.3 is 6.18 Å². The smallest absolute Gasteiger partial charge is 0.382 e. The van der Waals surface area contributed by atoms with E-state index >= 15 is 4.39 Å². The van der Waals surface area contributed by atoms with Gasteiger partial charge in [0.05, 0.1) is 30.5 Å². The minimum Gasteiger partial charge on any atom is -0.382 e. The molecule has 10 nitrogen and oxygen atoms in total. The molecule has 2 saturated heterocycles. The Bertz CT molecular complexity index is 1590. The number of piperidine rings is 1. The third-order valence-corrected chi connectivity index (χ3v) is 8.46. The maximum Gasteiger partial charge on any atom is 0.406 e. The van der Waals surface area contributed by atoms with Crippen molar-refractivity contribution in [3.63, 3.8) is 0 Å². The van der Waals surface area contributed by atoms with E-state index in [1.54, 1.807) is 24.4 Å². The van der Waals surface area contributed by atoms with E-state index < -0.39 is 24.9 Å². The number of nitrogens with two attached hydrogens (primary N) is 1. The Morgan fingerprint density at radius 2 is 1.93 bits per heavy atom. The normalized spacial score (nSPS) is 23.5. The van der Waals surface area contributed by atoms with E-state index in [0.717, 1.165) is 11.1 Å². The van der Waals surface area contributed by atoms with Crippen molar-refractivity contribution in [1.29, 1.82) is 0 Å². The molecule has 2 atom stereocenters. The molecule has 0 unspecified atom stereocenters. The summed E-state index contributed by atoms with van der Waals surface area (Å²) in [6.07, 6.45) is -0.881.